The number of aliphatic hydroxyl groups excluding tert-OH is 1. The van der Waals surface area contributed by atoms with Crippen molar-refractivity contribution >= 4 is 0 Å². The summed E-state index contributed by atoms with van der Waals surface area (Å²) in [5.41, 5.74) is 3.20. The predicted octanol–water partition coefficient (Wildman–Crippen LogP) is 1.37. The second-order valence-corrected chi connectivity index (χ2v) is 4.37. The van der Waals surface area contributed by atoms with Gasteiger partial charge in [0.1, 0.15) is 0 Å². The van der Waals surface area contributed by atoms with Gasteiger partial charge in [0.25, 0.3) is 0 Å². The quantitative estimate of drug-likeness (QED) is 0.833. The van der Waals surface area contributed by atoms with Crippen LogP contribution in [0.15, 0.2) is 48.8 Å². The zero-order chi connectivity index (χ0) is 12.8. The summed E-state index contributed by atoms with van der Waals surface area (Å²) in [7, 11) is 2.01. The van der Waals surface area contributed by atoms with Crippen molar-refractivity contribution in [3.63, 3.8) is 0 Å². The van der Waals surface area contributed by atoms with Crippen LogP contribution in [0.1, 0.15) is 18.1 Å². The lowest BCUT2D eigenvalue weighted by atomic mass is 10.0. The Morgan fingerprint density at radius 1 is 1.17 bits per heavy atom. The first kappa shape index (κ1) is 12.7. The lowest BCUT2D eigenvalue weighted by Gasteiger charge is -2.10. The predicted molar refractivity (Wildman–Crippen MR) is 72.0 cm³/mol. The van der Waals surface area contributed by atoms with Crippen LogP contribution in [0.5, 0.6) is 0 Å². The standard InChI is InChI=1S/C15H18N2O/c1-16-10-8-15(18)13-6-4-12(5-7-13)14-3-2-9-17-11-14/h2-7,9,11,15-16,18H,8,10H2,1H3/p+1. The summed E-state index contributed by atoms with van der Waals surface area (Å²) < 4.78 is 0. The number of nitrogens with zero attached hydrogens (tertiary/aromatic N) is 1. The Morgan fingerprint density at radius 2 is 1.94 bits per heavy atom. The van der Waals surface area contributed by atoms with Gasteiger partial charge >= 0.3 is 0 Å². The van der Waals surface area contributed by atoms with Crippen LogP contribution in [0, 0.1) is 0 Å². The number of pyridine rings is 1. The second-order valence-electron chi connectivity index (χ2n) is 4.37. The van der Waals surface area contributed by atoms with Gasteiger partial charge < -0.3 is 10.4 Å². The van der Waals surface area contributed by atoms with Crippen LogP contribution in [-0.4, -0.2) is 23.7 Å². The molecule has 1 atom stereocenters. The van der Waals surface area contributed by atoms with E-state index in [-0.39, 0.29) is 6.10 Å². The number of rotatable bonds is 5. The van der Waals surface area contributed by atoms with Crippen molar-refractivity contribution in [1.82, 2.24) is 4.98 Å². The minimum Gasteiger partial charge on any atom is -0.388 e. The highest BCUT2D eigenvalue weighted by Crippen LogP contribution is 2.22. The fourth-order valence-corrected chi connectivity index (χ4v) is 1.92. The first-order valence-corrected chi connectivity index (χ1v) is 6.27. The number of aliphatic hydroxyl groups is 1. The molecular formula is C15H19N2O+. The van der Waals surface area contributed by atoms with Crippen LogP contribution in [0.25, 0.3) is 11.1 Å². The summed E-state index contributed by atoms with van der Waals surface area (Å²) >= 11 is 0. The molecule has 0 saturated carbocycles. The summed E-state index contributed by atoms with van der Waals surface area (Å²) in [4.78, 5) is 4.11. The maximum atomic E-state index is 9.98. The average molecular weight is 243 g/mol. The Morgan fingerprint density at radius 3 is 2.56 bits per heavy atom. The highest BCUT2D eigenvalue weighted by molar-refractivity contribution is 5.62. The number of nitrogens with two attached hydrogens (primary N) is 1. The summed E-state index contributed by atoms with van der Waals surface area (Å²) in [6.07, 6.45) is 4.02. The fraction of sp³-hybridized carbons (Fsp3) is 0.267. The van der Waals surface area contributed by atoms with E-state index in [0.717, 1.165) is 29.7 Å². The molecule has 2 rings (SSSR count). The molecule has 0 saturated heterocycles. The molecular weight excluding hydrogens is 224 g/mol. The molecule has 0 spiro atoms. The van der Waals surface area contributed by atoms with E-state index >= 15 is 0 Å². The van der Waals surface area contributed by atoms with E-state index in [1.807, 2.05) is 49.6 Å². The van der Waals surface area contributed by atoms with E-state index < -0.39 is 0 Å². The topological polar surface area (TPSA) is 49.7 Å². The molecule has 3 nitrogen and oxygen atoms in total. The lowest BCUT2D eigenvalue weighted by molar-refractivity contribution is -0.628. The Labute approximate surface area is 108 Å². The third-order valence-electron chi connectivity index (χ3n) is 3.02. The maximum Gasteiger partial charge on any atom is 0.0843 e. The molecule has 1 heterocycles. The molecule has 0 bridgehead atoms. The van der Waals surface area contributed by atoms with Gasteiger partial charge in [-0.25, -0.2) is 0 Å². The van der Waals surface area contributed by atoms with Crippen LogP contribution in [0.4, 0.5) is 0 Å². The molecule has 0 amide bonds. The van der Waals surface area contributed by atoms with Gasteiger partial charge in [-0.15, -0.1) is 0 Å². The van der Waals surface area contributed by atoms with Crippen molar-refractivity contribution in [3.05, 3.63) is 54.4 Å². The first-order valence-electron chi connectivity index (χ1n) is 6.27. The Hall–Kier alpha value is -1.71. The van der Waals surface area contributed by atoms with Crippen molar-refractivity contribution in [2.45, 2.75) is 12.5 Å². The van der Waals surface area contributed by atoms with Crippen molar-refractivity contribution in [2.24, 2.45) is 0 Å². The number of aromatic nitrogens is 1. The fourth-order valence-electron chi connectivity index (χ4n) is 1.92. The van der Waals surface area contributed by atoms with Gasteiger partial charge in [-0.05, 0) is 22.8 Å². The Balaban J connectivity index is 2.10. The summed E-state index contributed by atoms with van der Waals surface area (Å²) in [6, 6.07) is 12.0. The van der Waals surface area contributed by atoms with Crippen molar-refractivity contribution in [1.29, 1.82) is 0 Å². The van der Waals surface area contributed by atoms with E-state index in [4.69, 9.17) is 0 Å². The van der Waals surface area contributed by atoms with Crippen molar-refractivity contribution in [2.75, 3.05) is 13.6 Å². The Kier molecular flexibility index (Phi) is 4.45. The second kappa shape index (κ2) is 6.28. The summed E-state index contributed by atoms with van der Waals surface area (Å²) in [5.74, 6) is 0. The van der Waals surface area contributed by atoms with E-state index in [2.05, 4.69) is 10.3 Å². The van der Waals surface area contributed by atoms with E-state index in [1.54, 1.807) is 6.20 Å². The molecule has 0 aliphatic carbocycles. The highest BCUT2D eigenvalue weighted by Gasteiger charge is 2.07. The number of benzene rings is 1. The van der Waals surface area contributed by atoms with Crippen LogP contribution >= 0.6 is 0 Å². The first-order chi connectivity index (χ1) is 8.81. The molecule has 18 heavy (non-hydrogen) atoms. The van der Waals surface area contributed by atoms with Crippen molar-refractivity contribution in [3.8, 4) is 11.1 Å². The molecule has 3 heteroatoms. The van der Waals surface area contributed by atoms with Gasteiger partial charge in [-0.1, -0.05) is 30.3 Å². The van der Waals surface area contributed by atoms with E-state index in [9.17, 15) is 5.11 Å². The molecule has 1 unspecified atom stereocenters. The Bertz CT molecular complexity index is 468. The average Bonchev–Trinajstić information content (AvgIpc) is 2.46. The minimum atomic E-state index is -0.371. The molecule has 94 valence electrons. The highest BCUT2D eigenvalue weighted by atomic mass is 16.3. The smallest absolute Gasteiger partial charge is 0.0843 e. The van der Waals surface area contributed by atoms with Gasteiger partial charge in [-0.2, -0.15) is 0 Å². The van der Waals surface area contributed by atoms with Gasteiger partial charge in [0.2, 0.25) is 0 Å². The maximum absolute atomic E-state index is 9.98. The zero-order valence-corrected chi connectivity index (χ0v) is 10.6. The third kappa shape index (κ3) is 3.15. The van der Waals surface area contributed by atoms with Gasteiger partial charge in [0.15, 0.2) is 0 Å². The number of quaternary nitrogens is 1. The largest absolute Gasteiger partial charge is 0.388 e. The molecule has 0 radical (unpaired) electrons. The van der Waals surface area contributed by atoms with Crippen molar-refractivity contribution < 1.29 is 10.4 Å². The molecule has 0 fully saturated rings. The molecule has 3 N–H and O–H groups in total. The molecule has 1 aromatic heterocycles. The van der Waals surface area contributed by atoms with Gasteiger partial charge in [0.05, 0.1) is 19.7 Å². The summed E-state index contributed by atoms with van der Waals surface area (Å²) in [5, 5.41) is 12.1. The number of hydrogen-bond donors (Lipinski definition) is 2. The molecule has 0 aliphatic rings. The lowest BCUT2D eigenvalue weighted by Crippen LogP contribution is -2.79. The molecule has 0 aliphatic heterocycles. The monoisotopic (exact) mass is 243 g/mol. The minimum absolute atomic E-state index is 0.371. The summed E-state index contributed by atoms with van der Waals surface area (Å²) in [6.45, 7) is 0.936. The SMILES string of the molecule is C[NH2+]CCC(O)c1ccc(-c2cccnc2)cc1. The molecule has 1 aromatic carbocycles. The molecule has 2 aromatic rings. The normalized spacial score (nSPS) is 12.3. The van der Waals surface area contributed by atoms with Crippen LogP contribution in [0.2, 0.25) is 0 Å². The number of hydrogen-bond acceptors (Lipinski definition) is 2. The van der Waals surface area contributed by atoms with Gasteiger partial charge in [-0.3, -0.25) is 4.98 Å². The van der Waals surface area contributed by atoms with Crippen LogP contribution in [0.3, 0.4) is 0 Å². The van der Waals surface area contributed by atoms with E-state index in [1.165, 1.54) is 0 Å². The zero-order valence-electron chi connectivity index (χ0n) is 10.6. The van der Waals surface area contributed by atoms with Crippen LogP contribution in [-0.2, 0) is 0 Å². The third-order valence-corrected chi connectivity index (χ3v) is 3.02. The van der Waals surface area contributed by atoms with Gasteiger partial charge in [0, 0.05) is 18.8 Å². The van der Waals surface area contributed by atoms with E-state index in [0.29, 0.717) is 0 Å². The van der Waals surface area contributed by atoms with Crippen LogP contribution < -0.4 is 5.32 Å².